The van der Waals surface area contributed by atoms with Crippen molar-refractivity contribution in [1.29, 1.82) is 0 Å². The Labute approximate surface area is 104 Å². The molecule has 1 aliphatic rings. The summed E-state index contributed by atoms with van der Waals surface area (Å²) < 4.78 is 5.54. The molecule has 3 N–H and O–H groups in total. The molecule has 0 radical (unpaired) electrons. The summed E-state index contributed by atoms with van der Waals surface area (Å²) in [5.74, 6) is -0.268. The molecular formula is C12H25N3O2. The van der Waals surface area contributed by atoms with Gasteiger partial charge in [0.25, 0.3) is 0 Å². The highest BCUT2D eigenvalue weighted by molar-refractivity contribution is 5.79. The van der Waals surface area contributed by atoms with Gasteiger partial charge in [-0.05, 0) is 33.4 Å². The molecule has 0 aromatic carbocycles. The van der Waals surface area contributed by atoms with E-state index in [1.54, 1.807) is 0 Å². The van der Waals surface area contributed by atoms with Gasteiger partial charge in [0.1, 0.15) is 0 Å². The molecule has 1 amide bonds. The first-order valence-corrected chi connectivity index (χ1v) is 6.40. The Morgan fingerprint density at radius 3 is 2.82 bits per heavy atom. The lowest BCUT2D eigenvalue weighted by Gasteiger charge is -2.27. The van der Waals surface area contributed by atoms with Gasteiger partial charge in [-0.2, -0.15) is 0 Å². The fraction of sp³-hybridized carbons (Fsp3) is 0.917. The molecule has 0 aliphatic carbocycles. The quantitative estimate of drug-likeness (QED) is 0.658. The standard InChI is InChI=1S/C12H25N3O2/c1-4-14-10(12(13)16)5-7-15(3)11-6-8-17-9(11)2/h9-11,14H,4-8H2,1-3H3,(H2,13,16). The smallest absolute Gasteiger partial charge is 0.234 e. The van der Waals surface area contributed by atoms with E-state index in [4.69, 9.17) is 10.5 Å². The second-order valence-corrected chi connectivity index (χ2v) is 4.71. The molecule has 1 rings (SSSR count). The topological polar surface area (TPSA) is 67.6 Å². The Balaban J connectivity index is 2.35. The first kappa shape index (κ1) is 14.4. The van der Waals surface area contributed by atoms with E-state index < -0.39 is 0 Å². The monoisotopic (exact) mass is 243 g/mol. The van der Waals surface area contributed by atoms with Crippen LogP contribution in [0.25, 0.3) is 0 Å². The molecular weight excluding hydrogens is 218 g/mol. The van der Waals surface area contributed by atoms with Crippen LogP contribution < -0.4 is 11.1 Å². The summed E-state index contributed by atoms with van der Waals surface area (Å²) in [5.41, 5.74) is 5.35. The van der Waals surface area contributed by atoms with Crippen LogP contribution in [0.3, 0.4) is 0 Å². The summed E-state index contributed by atoms with van der Waals surface area (Å²) in [6, 6.07) is 0.241. The zero-order valence-corrected chi connectivity index (χ0v) is 11.1. The van der Waals surface area contributed by atoms with E-state index in [1.165, 1.54) is 0 Å². The predicted octanol–water partition coefficient (Wildman–Crippen LogP) is -0.0509. The Kier molecular flexibility index (Phi) is 5.88. The molecule has 0 aromatic heterocycles. The summed E-state index contributed by atoms with van der Waals surface area (Å²) in [7, 11) is 2.08. The van der Waals surface area contributed by atoms with Gasteiger partial charge in [-0.1, -0.05) is 6.92 Å². The SMILES string of the molecule is CCNC(CCN(C)C1CCOC1C)C(N)=O. The number of rotatable bonds is 7. The maximum Gasteiger partial charge on any atom is 0.234 e. The van der Waals surface area contributed by atoms with Crippen molar-refractivity contribution in [1.82, 2.24) is 10.2 Å². The number of nitrogens with one attached hydrogen (secondary N) is 1. The Morgan fingerprint density at radius 2 is 2.35 bits per heavy atom. The van der Waals surface area contributed by atoms with Crippen molar-refractivity contribution >= 4 is 5.91 Å². The number of likely N-dealkylation sites (N-methyl/N-ethyl adjacent to an activating group) is 2. The third-order valence-electron chi connectivity index (χ3n) is 3.47. The second kappa shape index (κ2) is 6.93. The van der Waals surface area contributed by atoms with E-state index in [0.717, 1.165) is 32.5 Å². The van der Waals surface area contributed by atoms with Gasteiger partial charge in [0, 0.05) is 19.2 Å². The van der Waals surface area contributed by atoms with E-state index in [-0.39, 0.29) is 18.1 Å². The van der Waals surface area contributed by atoms with Crippen molar-refractivity contribution in [2.45, 2.75) is 44.9 Å². The van der Waals surface area contributed by atoms with E-state index >= 15 is 0 Å². The van der Waals surface area contributed by atoms with E-state index in [2.05, 4.69) is 24.2 Å². The molecule has 3 atom stereocenters. The highest BCUT2D eigenvalue weighted by Crippen LogP contribution is 2.18. The first-order chi connectivity index (χ1) is 8.06. The van der Waals surface area contributed by atoms with Crippen LogP contribution in [0.1, 0.15) is 26.7 Å². The molecule has 1 fully saturated rings. The van der Waals surface area contributed by atoms with Gasteiger partial charge in [-0.25, -0.2) is 0 Å². The molecule has 1 heterocycles. The fourth-order valence-corrected chi connectivity index (χ4v) is 2.39. The number of carbonyl (C=O) groups is 1. The molecule has 17 heavy (non-hydrogen) atoms. The first-order valence-electron chi connectivity index (χ1n) is 6.40. The lowest BCUT2D eigenvalue weighted by atomic mass is 10.1. The summed E-state index contributed by atoms with van der Waals surface area (Å²) in [4.78, 5) is 13.5. The Morgan fingerprint density at radius 1 is 1.65 bits per heavy atom. The number of hydrogen-bond acceptors (Lipinski definition) is 4. The van der Waals surface area contributed by atoms with Crippen molar-refractivity contribution in [2.75, 3.05) is 26.7 Å². The zero-order valence-electron chi connectivity index (χ0n) is 11.1. The van der Waals surface area contributed by atoms with Gasteiger partial charge in [0.05, 0.1) is 12.1 Å². The van der Waals surface area contributed by atoms with Crippen LogP contribution in [0, 0.1) is 0 Å². The van der Waals surface area contributed by atoms with Crippen molar-refractivity contribution in [3.05, 3.63) is 0 Å². The van der Waals surface area contributed by atoms with Crippen LogP contribution in [-0.4, -0.2) is 55.7 Å². The van der Waals surface area contributed by atoms with Gasteiger partial charge in [0.2, 0.25) is 5.91 Å². The number of carbonyl (C=O) groups excluding carboxylic acids is 1. The molecule has 5 nitrogen and oxygen atoms in total. The molecule has 1 saturated heterocycles. The normalized spacial score (nSPS) is 26.4. The predicted molar refractivity (Wildman–Crippen MR) is 67.7 cm³/mol. The molecule has 3 unspecified atom stereocenters. The highest BCUT2D eigenvalue weighted by atomic mass is 16.5. The van der Waals surface area contributed by atoms with Crippen molar-refractivity contribution in [3.8, 4) is 0 Å². The number of amides is 1. The summed E-state index contributed by atoms with van der Waals surface area (Å²) >= 11 is 0. The lowest BCUT2D eigenvalue weighted by molar-refractivity contribution is -0.120. The van der Waals surface area contributed by atoms with Crippen LogP contribution in [0.5, 0.6) is 0 Å². The molecule has 0 bridgehead atoms. The molecule has 100 valence electrons. The maximum absolute atomic E-state index is 11.2. The highest BCUT2D eigenvalue weighted by Gasteiger charge is 2.28. The number of primary amides is 1. The Bertz CT molecular complexity index is 248. The average molecular weight is 243 g/mol. The van der Waals surface area contributed by atoms with Crippen molar-refractivity contribution in [3.63, 3.8) is 0 Å². The summed E-state index contributed by atoms with van der Waals surface area (Å²) in [6.07, 6.45) is 2.11. The number of hydrogen-bond donors (Lipinski definition) is 2. The fourth-order valence-electron chi connectivity index (χ4n) is 2.39. The van der Waals surface area contributed by atoms with Crippen LogP contribution in [-0.2, 0) is 9.53 Å². The molecule has 5 heteroatoms. The average Bonchev–Trinajstić information content (AvgIpc) is 2.69. The molecule has 1 aliphatic heterocycles. The second-order valence-electron chi connectivity index (χ2n) is 4.71. The van der Waals surface area contributed by atoms with Gasteiger partial charge < -0.3 is 20.7 Å². The number of nitrogens with zero attached hydrogens (tertiary/aromatic N) is 1. The van der Waals surface area contributed by atoms with Gasteiger partial charge >= 0.3 is 0 Å². The van der Waals surface area contributed by atoms with Gasteiger partial charge in [0.15, 0.2) is 0 Å². The molecule has 0 aromatic rings. The van der Waals surface area contributed by atoms with Crippen molar-refractivity contribution in [2.24, 2.45) is 5.73 Å². The Hall–Kier alpha value is -0.650. The minimum Gasteiger partial charge on any atom is -0.377 e. The van der Waals surface area contributed by atoms with Crippen LogP contribution in [0.4, 0.5) is 0 Å². The van der Waals surface area contributed by atoms with E-state index in [1.807, 2.05) is 6.92 Å². The lowest BCUT2D eigenvalue weighted by Crippen LogP contribution is -2.45. The van der Waals surface area contributed by atoms with Gasteiger partial charge in [-0.3, -0.25) is 4.79 Å². The van der Waals surface area contributed by atoms with E-state index in [9.17, 15) is 4.79 Å². The number of ether oxygens (including phenoxy) is 1. The molecule has 0 saturated carbocycles. The minimum atomic E-state index is -0.268. The maximum atomic E-state index is 11.2. The van der Waals surface area contributed by atoms with Crippen molar-refractivity contribution < 1.29 is 9.53 Å². The van der Waals surface area contributed by atoms with Crippen LogP contribution in [0.2, 0.25) is 0 Å². The third-order valence-corrected chi connectivity index (χ3v) is 3.47. The number of nitrogens with two attached hydrogens (primary N) is 1. The van der Waals surface area contributed by atoms with Crippen LogP contribution >= 0.6 is 0 Å². The summed E-state index contributed by atoms with van der Waals surface area (Å²) in [5, 5.41) is 3.11. The third kappa shape index (κ3) is 4.26. The zero-order chi connectivity index (χ0) is 12.8. The molecule has 0 spiro atoms. The minimum absolute atomic E-state index is 0.222. The van der Waals surface area contributed by atoms with Crippen LogP contribution in [0.15, 0.2) is 0 Å². The largest absolute Gasteiger partial charge is 0.377 e. The summed E-state index contributed by atoms with van der Waals surface area (Å²) in [6.45, 7) is 6.54. The van der Waals surface area contributed by atoms with Gasteiger partial charge in [-0.15, -0.1) is 0 Å². The van der Waals surface area contributed by atoms with E-state index in [0.29, 0.717) is 6.04 Å².